The first kappa shape index (κ1) is 18.8. The highest BCUT2D eigenvalue weighted by Crippen LogP contribution is 2.19. The van der Waals surface area contributed by atoms with E-state index in [-0.39, 0.29) is 24.0 Å². The van der Waals surface area contributed by atoms with Crippen molar-refractivity contribution in [1.82, 2.24) is 10.6 Å². The number of halogens is 1. The van der Waals surface area contributed by atoms with E-state index in [0.717, 1.165) is 29.2 Å². The fraction of sp³-hybridized carbons (Fsp3) is 0.278. The van der Waals surface area contributed by atoms with Gasteiger partial charge in [0.2, 0.25) is 0 Å². The van der Waals surface area contributed by atoms with Gasteiger partial charge in [-0.05, 0) is 40.4 Å². The summed E-state index contributed by atoms with van der Waals surface area (Å²) in [5.41, 5.74) is 2.27. The molecule has 2 heterocycles. The zero-order chi connectivity index (χ0) is 16.1. The average Bonchev–Trinajstić information content (AvgIpc) is 3.24. The van der Waals surface area contributed by atoms with Gasteiger partial charge in [0.15, 0.2) is 5.96 Å². The van der Waals surface area contributed by atoms with Gasteiger partial charge >= 0.3 is 0 Å². The molecule has 0 saturated carbocycles. The second-order valence-corrected chi connectivity index (χ2v) is 6.29. The average molecular weight is 455 g/mol. The smallest absolute Gasteiger partial charge is 0.191 e. The zero-order valence-electron chi connectivity index (χ0n) is 13.8. The van der Waals surface area contributed by atoms with Crippen LogP contribution in [0.3, 0.4) is 0 Å². The van der Waals surface area contributed by atoms with Crippen LogP contribution in [0.4, 0.5) is 0 Å². The van der Waals surface area contributed by atoms with E-state index in [4.69, 9.17) is 4.42 Å². The molecule has 1 aromatic carbocycles. The number of benzene rings is 1. The summed E-state index contributed by atoms with van der Waals surface area (Å²) in [6.07, 6.45) is 0. The Morgan fingerprint density at radius 3 is 2.79 bits per heavy atom. The number of rotatable bonds is 5. The molecule has 3 aromatic rings. The van der Waals surface area contributed by atoms with Gasteiger partial charge in [0.05, 0.1) is 6.54 Å². The van der Waals surface area contributed by atoms with Crippen molar-refractivity contribution in [2.45, 2.75) is 19.4 Å². The minimum atomic E-state index is 0. The van der Waals surface area contributed by atoms with Crippen LogP contribution in [0.15, 0.2) is 56.6 Å². The lowest BCUT2D eigenvalue weighted by Gasteiger charge is -2.14. The molecule has 1 unspecified atom stereocenters. The molecular formula is C18H22IN3OS. The predicted octanol–water partition coefficient (Wildman–Crippen LogP) is 4.58. The third-order valence-electron chi connectivity index (χ3n) is 3.82. The standard InChI is InChI=1S/C18H21N3OS.HI/c1-13(15-7-8-23-12-15)10-20-18(19-2)21-11-16-9-14-5-3-4-6-17(14)22-16;/h3-9,12-13H,10-11H2,1-2H3,(H2,19,20,21);1H. The van der Waals surface area contributed by atoms with E-state index < -0.39 is 0 Å². The first-order chi connectivity index (χ1) is 11.3. The van der Waals surface area contributed by atoms with Gasteiger partial charge in [-0.3, -0.25) is 4.99 Å². The molecule has 24 heavy (non-hydrogen) atoms. The van der Waals surface area contributed by atoms with Gasteiger partial charge < -0.3 is 15.1 Å². The number of hydrogen-bond donors (Lipinski definition) is 2. The molecule has 1 atom stereocenters. The number of fused-ring (bicyclic) bond motifs is 1. The van der Waals surface area contributed by atoms with E-state index in [9.17, 15) is 0 Å². The summed E-state index contributed by atoms with van der Waals surface area (Å²) >= 11 is 1.73. The number of para-hydroxylation sites is 1. The number of nitrogens with one attached hydrogen (secondary N) is 2. The van der Waals surface area contributed by atoms with Crippen molar-refractivity contribution >= 4 is 52.2 Å². The molecule has 0 aliphatic rings. The van der Waals surface area contributed by atoms with E-state index in [1.165, 1.54) is 5.56 Å². The number of furan rings is 1. The summed E-state index contributed by atoms with van der Waals surface area (Å²) < 4.78 is 5.80. The van der Waals surface area contributed by atoms with Gasteiger partial charge in [0.25, 0.3) is 0 Å². The molecule has 128 valence electrons. The molecule has 0 saturated heterocycles. The summed E-state index contributed by atoms with van der Waals surface area (Å²) in [6, 6.07) is 12.3. The van der Waals surface area contributed by atoms with Crippen molar-refractivity contribution in [2.75, 3.05) is 13.6 Å². The summed E-state index contributed by atoms with van der Waals surface area (Å²) in [5, 5.41) is 12.1. The van der Waals surface area contributed by atoms with Crippen LogP contribution in [0.5, 0.6) is 0 Å². The maximum atomic E-state index is 5.80. The minimum absolute atomic E-state index is 0. The Balaban J connectivity index is 0.00000208. The van der Waals surface area contributed by atoms with Crippen LogP contribution in [0.1, 0.15) is 24.2 Å². The van der Waals surface area contributed by atoms with Gasteiger partial charge in [-0.2, -0.15) is 11.3 Å². The first-order valence-corrected chi connectivity index (χ1v) is 8.64. The molecule has 4 nitrogen and oxygen atoms in total. The summed E-state index contributed by atoms with van der Waals surface area (Å²) in [6.45, 7) is 3.67. The number of hydrogen-bond acceptors (Lipinski definition) is 3. The third kappa shape index (κ3) is 4.73. The van der Waals surface area contributed by atoms with E-state index in [2.05, 4.69) is 51.5 Å². The lowest BCUT2D eigenvalue weighted by atomic mass is 10.1. The van der Waals surface area contributed by atoms with E-state index in [0.29, 0.717) is 12.5 Å². The number of nitrogens with zero attached hydrogens (tertiary/aromatic N) is 1. The highest BCUT2D eigenvalue weighted by atomic mass is 127. The van der Waals surface area contributed by atoms with Crippen LogP contribution in [-0.4, -0.2) is 19.6 Å². The first-order valence-electron chi connectivity index (χ1n) is 7.70. The highest BCUT2D eigenvalue weighted by Gasteiger charge is 2.08. The number of aliphatic imine (C=N–C) groups is 1. The molecule has 0 radical (unpaired) electrons. The van der Waals surface area contributed by atoms with Crippen molar-refractivity contribution < 1.29 is 4.42 Å². The molecule has 0 amide bonds. The summed E-state index contributed by atoms with van der Waals surface area (Å²) in [4.78, 5) is 4.27. The van der Waals surface area contributed by atoms with Gasteiger partial charge in [-0.25, -0.2) is 0 Å². The van der Waals surface area contributed by atoms with Crippen LogP contribution in [0, 0.1) is 0 Å². The fourth-order valence-corrected chi connectivity index (χ4v) is 3.22. The van der Waals surface area contributed by atoms with Crippen molar-refractivity contribution in [1.29, 1.82) is 0 Å². The molecule has 0 bridgehead atoms. The summed E-state index contributed by atoms with van der Waals surface area (Å²) in [7, 11) is 1.78. The second kappa shape index (κ2) is 9.08. The molecule has 0 fully saturated rings. The van der Waals surface area contributed by atoms with Crippen molar-refractivity contribution in [2.24, 2.45) is 4.99 Å². The van der Waals surface area contributed by atoms with Gasteiger partial charge in [0, 0.05) is 19.0 Å². The SMILES string of the molecule is CN=C(NCc1cc2ccccc2o1)NCC(C)c1ccsc1.I. The molecule has 2 aromatic heterocycles. The van der Waals surface area contributed by atoms with Crippen molar-refractivity contribution in [3.8, 4) is 0 Å². The van der Waals surface area contributed by atoms with Gasteiger partial charge in [-0.1, -0.05) is 25.1 Å². The topological polar surface area (TPSA) is 49.6 Å². The Hall–Kier alpha value is -1.54. The molecule has 2 N–H and O–H groups in total. The lowest BCUT2D eigenvalue weighted by Crippen LogP contribution is -2.38. The largest absolute Gasteiger partial charge is 0.459 e. The number of guanidine groups is 1. The normalized spacial score (nSPS) is 12.7. The van der Waals surface area contributed by atoms with Crippen LogP contribution in [0.25, 0.3) is 11.0 Å². The van der Waals surface area contributed by atoms with Crippen molar-refractivity contribution in [3.05, 3.63) is 58.5 Å². The Labute approximate surface area is 163 Å². The van der Waals surface area contributed by atoms with Crippen molar-refractivity contribution in [3.63, 3.8) is 0 Å². The predicted molar refractivity (Wildman–Crippen MR) is 113 cm³/mol. The third-order valence-corrected chi connectivity index (χ3v) is 4.52. The second-order valence-electron chi connectivity index (χ2n) is 5.51. The molecular weight excluding hydrogens is 433 g/mol. The van der Waals surface area contributed by atoms with E-state index in [1.54, 1.807) is 18.4 Å². The van der Waals surface area contributed by atoms with Gasteiger partial charge in [-0.15, -0.1) is 24.0 Å². The van der Waals surface area contributed by atoms with Gasteiger partial charge in [0.1, 0.15) is 11.3 Å². The quantitative estimate of drug-likeness (QED) is 0.337. The monoisotopic (exact) mass is 455 g/mol. The van der Waals surface area contributed by atoms with E-state index in [1.807, 2.05) is 18.2 Å². The highest BCUT2D eigenvalue weighted by molar-refractivity contribution is 14.0. The maximum Gasteiger partial charge on any atom is 0.191 e. The Morgan fingerprint density at radius 1 is 1.25 bits per heavy atom. The maximum absolute atomic E-state index is 5.80. The van der Waals surface area contributed by atoms with E-state index >= 15 is 0 Å². The van der Waals surface area contributed by atoms with Crippen LogP contribution < -0.4 is 10.6 Å². The molecule has 3 rings (SSSR count). The van der Waals surface area contributed by atoms with Crippen LogP contribution in [-0.2, 0) is 6.54 Å². The Kier molecular flexibility index (Phi) is 7.11. The lowest BCUT2D eigenvalue weighted by molar-refractivity contribution is 0.538. The van der Waals surface area contributed by atoms with Crippen LogP contribution in [0.2, 0.25) is 0 Å². The number of thiophene rings is 1. The Morgan fingerprint density at radius 2 is 2.08 bits per heavy atom. The molecule has 0 aliphatic carbocycles. The van der Waals surface area contributed by atoms with Crippen LogP contribution >= 0.6 is 35.3 Å². The Bertz CT molecular complexity index is 750. The zero-order valence-corrected chi connectivity index (χ0v) is 16.9. The summed E-state index contributed by atoms with van der Waals surface area (Å²) in [5.74, 6) is 2.14. The fourth-order valence-electron chi connectivity index (χ4n) is 2.44. The molecule has 6 heteroatoms. The molecule has 0 aliphatic heterocycles. The molecule has 0 spiro atoms. The minimum Gasteiger partial charge on any atom is -0.459 e.